The van der Waals surface area contributed by atoms with E-state index in [9.17, 15) is 29.2 Å². The highest BCUT2D eigenvalue weighted by Crippen LogP contribution is 2.46. The van der Waals surface area contributed by atoms with Gasteiger partial charge in [-0.25, -0.2) is 9.36 Å². The van der Waals surface area contributed by atoms with Gasteiger partial charge in [0.1, 0.15) is 42.9 Å². The van der Waals surface area contributed by atoms with Gasteiger partial charge in [0.25, 0.3) is 5.56 Å². The van der Waals surface area contributed by atoms with Crippen molar-refractivity contribution in [2.75, 3.05) is 6.61 Å². The van der Waals surface area contributed by atoms with E-state index in [4.69, 9.17) is 18.5 Å². The number of carbonyl (C=O) groups excluding carboxylic acids is 1. The summed E-state index contributed by atoms with van der Waals surface area (Å²) in [7, 11) is -4.31. The van der Waals surface area contributed by atoms with Crippen LogP contribution in [0.2, 0.25) is 0 Å². The van der Waals surface area contributed by atoms with Crippen molar-refractivity contribution in [2.24, 2.45) is 0 Å². The second-order valence-corrected chi connectivity index (χ2v) is 10.3. The Morgan fingerprint density at radius 2 is 1.79 bits per heavy atom. The number of benzene rings is 2. The highest BCUT2D eigenvalue weighted by Gasteiger charge is 2.46. The van der Waals surface area contributed by atoms with Gasteiger partial charge in [0.15, 0.2) is 6.23 Å². The van der Waals surface area contributed by atoms with Crippen LogP contribution in [0.3, 0.4) is 0 Å². The molecule has 4 N–H and O–H groups in total. The first-order valence-corrected chi connectivity index (χ1v) is 13.4. The Labute approximate surface area is 221 Å². The number of aromatic amines is 1. The van der Waals surface area contributed by atoms with E-state index in [0.29, 0.717) is 4.68 Å². The molecule has 2 aromatic carbocycles. The standard InChI is InChI=1S/C24H27N4O10P/c1-15(23(32)35-13-16-8-4-2-5-9-16)27-39(34,38-17-10-6-3-7-11-17)36-14-18-20(30)21(31)22(37-18)28-24(33)26-19(29)12-25-28/h2-12,15,18,20-22,30-31H,13-14H2,1H3,(H,27,34)(H,26,29,33)/t15-,18+,20-,21-,22+,39?/m0/s1. The van der Waals surface area contributed by atoms with Gasteiger partial charge in [-0.3, -0.25) is 19.1 Å². The van der Waals surface area contributed by atoms with Crippen molar-refractivity contribution in [3.63, 3.8) is 0 Å². The number of aliphatic hydroxyl groups excluding tert-OH is 2. The fraction of sp³-hybridized carbons (Fsp3) is 0.333. The third-order valence-corrected chi connectivity index (χ3v) is 7.27. The summed E-state index contributed by atoms with van der Waals surface area (Å²) in [4.78, 5) is 37.9. The summed E-state index contributed by atoms with van der Waals surface area (Å²) >= 11 is 0. The summed E-state index contributed by atoms with van der Waals surface area (Å²) in [6, 6.07) is 15.9. The van der Waals surface area contributed by atoms with E-state index in [1.54, 1.807) is 42.5 Å². The van der Waals surface area contributed by atoms with Crippen molar-refractivity contribution in [3.8, 4) is 5.75 Å². The van der Waals surface area contributed by atoms with Crippen molar-refractivity contribution >= 4 is 13.7 Å². The summed E-state index contributed by atoms with van der Waals surface area (Å²) in [6.07, 6.45) is -5.18. The molecular weight excluding hydrogens is 535 g/mol. The van der Waals surface area contributed by atoms with Crippen LogP contribution in [-0.2, 0) is 30.0 Å². The minimum atomic E-state index is -4.31. The lowest BCUT2D eigenvalue weighted by Crippen LogP contribution is -2.39. The SMILES string of the molecule is C[C@H](NP(=O)(OC[C@H]1O[C@@H](n2ncc(=O)[nH]c2=O)[C@@H](O)[C@H]1O)Oc1ccccc1)C(=O)OCc1ccccc1. The van der Waals surface area contributed by atoms with Gasteiger partial charge >= 0.3 is 19.4 Å². The number of rotatable bonds is 11. The largest absolute Gasteiger partial charge is 0.460 e. The molecule has 15 heteroatoms. The molecule has 2 heterocycles. The van der Waals surface area contributed by atoms with Gasteiger partial charge in [-0.15, -0.1) is 0 Å². The topological polar surface area (TPSA) is 191 Å². The van der Waals surface area contributed by atoms with Gasteiger partial charge in [-0.2, -0.15) is 14.9 Å². The average molecular weight is 562 g/mol. The predicted octanol–water partition coefficient (Wildman–Crippen LogP) is 0.476. The average Bonchev–Trinajstić information content (AvgIpc) is 3.20. The molecule has 1 aromatic heterocycles. The number of hydrogen-bond donors (Lipinski definition) is 4. The Morgan fingerprint density at radius 3 is 2.46 bits per heavy atom. The number of esters is 1. The minimum absolute atomic E-state index is 0.00403. The van der Waals surface area contributed by atoms with E-state index in [0.717, 1.165) is 11.8 Å². The quantitative estimate of drug-likeness (QED) is 0.187. The Morgan fingerprint density at radius 1 is 1.13 bits per heavy atom. The maximum Gasteiger partial charge on any atom is 0.459 e. The first kappa shape index (κ1) is 28.4. The van der Waals surface area contributed by atoms with Crippen molar-refractivity contribution in [1.82, 2.24) is 19.9 Å². The number of para-hydroxylation sites is 1. The molecule has 0 saturated carbocycles. The Kier molecular flexibility index (Phi) is 9.07. The smallest absolute Gasteiger partial charge is 0.459 e. The van der Waals surface area contributed by atoms with Crippen molar-refractivity contribution in [2.45, 2.75) is 44.1 Å². The molecular formula is C24H27N4O10P. The van der Waals surface area contributed by atoms with Crippen molar-refractivity contribution in [3.05, 3.63) is 93.3 Å². The summed E-state index contributed by atoms with van der Waals surface area (Å²) in [5, 5.41) is 27.0. The highest BCUT2D eigenvalue weighted by atomic mass is 31.2. The van der Waals surface area contributed by atoms with Gasteiger partial charge in [0.05, 0.1) is 6.61 Å². The van der Waals surface area contributed by atoms with E-state index in [-0.39, 0.29) is 12.4 Å². The minimum Gasteiger partial charge on any atom is -0.460 e. The number of nitrogens with zero attached hydrogens (tertiary/aromatic N) is 2. The first-order valence-electron chi connectivity index (χ1n) is 11.8. The molecule has 0 aliphatic carbocycles. The number of aliphatic hydroxyl groups is 2. The van der Waals surface area contributed by atoms with Crippen molar-refractivity contribution < 1.29 is 38.1 Å². The van der Waals surface area contributed by atoms with Gasteiger partial charge in [-0.1, -0.05) is 48.5 Å². The molecule has 39 heavy (non-hydrogen) atoms. The molecule has 3 aromatic rings. The van der Waals surface area contributed by atoms with Crippen molar-refractivity contribution in [1.29, 1.82) is 0 Å². The van der Waals surface area contributed by atoms with E-state index in [2.05, 4.69) is 10.2 Å². The van der Waals surface area contributed by atoms with E-state index < -0.39 is 62.2 Å². The molecule has 0 radical (unpaired) electrons. The third kappa shape index (κ3) is 7.26. The molecule has 0 amide bonds. The normalized spacial score (nSPS) is 23.1. The maximum absolute atomic E-state index is 13.7. The Hall–Kier alpha value is -3.65. The lowest BCUT2D eigenvalue weighted by Gasteiger charge is -2.24. The van der Waals surface area contributed by atoms with Gasteiger partial charge in [0.2, 0.25) is 0 Å². The van der Waals surface area contributed by atoms with Crippen LogP contribution in [0.15, 0.2) is 76.4 Å². The van der Waals surface area contributed by atoms with Crippen LogP contribution in [0.4, 0.5) is 0 Å². The summed E-state index contributed by atoms with van der Waals surface area (Å²) < 4.78 is 36.2. The van der Waals surface area contributed by atoms with Crippen LogP contribution >= 0.6 is 7.75 Å². The molecule has 1 fully saturated rings. The van der Waals surface area contributed by atoms with Gasteiger partial charge in [-0.05, 0) is 24.6 Å². The Bertz CT molecular complexity index is 1420. The second-order valence-electron chi connectivity index (χ2n) is 8.57. The first-order chi connectivity index (χ1) is 18.6. The summed E-state index contributed by atoms with van der Waals surface area (Å²) in [6.45, 7) is 0.818. The molecule has 1 aliphatic rings. The molecule has 14 nitrogen and oxygen atoms in total. The summed E-state index contributed by atoms with van der Waals surface area (Å²) in [5.41, 5.74) is -0.969. The molecule has 6 atom stereocenters. The third-order valence-electron chi connectivity index (χ3n) is 5.62. The van der Waals surface area contributed by atoms with Crippen LogP contribution in [0.5, 0.6) is 5.75 Å². The molecule has 0 spiro atoms. The Balaban J connectivity index is 1.45. The fourth-order valence-corrected chi connectivity index (χ4v) is 5.14. The number of nitrogens with one attached hydrogen (secondary N) is 2. The zero-order chi connectivity index (χ0) is 28.0. The predicted molar refractivity (Wildman–Crippen MR) is 135 cm³/mol. The van der Waals surface area contributed by atoms with Crippen LogP contribution in [-0.4, -0.2) is 61.9 Å². The lowest BCUT2D eigenvalue weighted by atomic mass is 10.1. The number of hydrogen-bond acceptors (Lipinski definition) is 11. The van der Waals surface area contributed by atoms with Crippen LogP contribution in [0.25, 0.3) is 0 Å². The molecule has 1 aliphatic heterocycles. The highest BCUT2D eigenvalue weighted by molar-refractivity contribution is 7.52. The zero-order valence-electron chi connectivity index (χ0n) is 20.7. The molecule has 4 rings (SSSR count). The van der Waals surface area contributed by atoms with Crippen LogP contribution in [0.1, 0.15) is 18.7 Å². The van der Waals surface area contributed by atoms with Crippen LogP contribution < -0.4 is 20.9 Å². The van der Waals surface area contributed by atoms with Gasteiger partial charge in [0, 0.05) is 0 Å². The monoisotopic (exact) mass is 562 g/mol. The number of carbonyl (C=O) groups is 1. The maximum atomic E-state index is 13.7. The zero-order valence-corrected chi connectivity index (χ0v) is 21.5. The number of ether oxygens (including phenoxy) is 2. The van der Waals surface area contributed by atoms with Gasteiger partial charge < -0.3 is 24.2 Å². The number of H-pyrrole nitrogens is 1. The van der Waals surface area contributed by atoms with E-state index >= 15 is 0 Å². The molecule has 208 valence electrons. The molecule has 1 saturated heterocycles. The summed E-state index contributed by atoms with van der Waals surface area (Å²) in [5.74, 6) is -0.566. The van der Waals surface area contributed by atoms with E-state index in [1.807, 2.05) is 11.1 Å². The lowest BCUT2D eigenvalue weighted by molar-refractivity contribution is -0.146. The number of aromatic nitrogens is 3. The fourth-order valence-electron chi connectivity index (χ4n) is 3.64. The van der Waals surface area contributed by atoms with E-state index in [1.165, 1.54) is 19.1 Å². The second kappa shape index (κ2) is 12.5. The molecule has 0 bridgehead atoms. The molecule has 1 unspecified atom stereocenters. The van der Waals surface area contributed by atoms with Crippen LogP contribution in [0, 0.1) is 0 Å².